The Morgan fingerprint density at radius 3 is 2.47 bits per heavy atom. The zero-order valence-electron chi connectivity index (χ0n) is 11.5. The summed E-state index contributed by atoms with van der Waals surface area (Å²) in [5, 5.41) is 0.665. The number of carbonyl (C=O) groups is 1. The molecule has 0 aliphatic heterocycles. The van der Waals surface area contributed by atoms with Gasteiger partial charge in [0.2, 0.25) is 0 Å². The van der Waals surface area contributed by atoms with Crippen molar-refractivity contribution >= 4 is 17.6 Å². The zero-order chi connectivity index (χ0) is 14.2. The zero-order valence-corrected chi connectivity index (χ0v) is 12.2. The number of methoxy groups -OCH3 is 1. The Morgan fingerprint density at radius 2 is 1.89 bits per heavy atom. The Balaban J connectivity index is 2.63. The lowest BCUT2D eigenvalue weighted by atomic mass is 10.2. The van der Waals surface area contributed by atoms with Crippen molar-refractivity contribution in [2.45, 2.75) is 20.8 Å². The summed E-state index contributed by atoms with van der Waals surface area (Å²) in [6.07, 6.45) is 0. The molecule has 100 valence electrons. The van der Waals surface area contributed by atoms with Gasteiger partial charge in [-0.05, 0) is 44.5 Å². The molecule has 1 aromatic heterocycles. The highest BCUT2D eigenvalue weighted by atomic mass is 35.5. The minimum absolute atomic E-state index is 0.331. The van der Waals surface area contributed by atoms with E-state index in [2.05, 4.69) is 0 Å². The van der Waals surface area contributed by atoms with Gasteiger partial charge < -0.3 is 9.30 Å². The van der Waals surface area contributed by atoms with E-state index in [9.17, 15) is 4.79 Å². The molecule has 0 bridgehead atoms. The largest absolute Gasteiger partial charge is 0.465 e. The van der Waals surface area contributed by atoms with Crippen LogP contribution in [0, 0.1) is 20.8 Å². The van der Waals surface area contributed by atoms with Gasteiger partial charge in [-0.25, -0.2) is 4.79 Å². The van der Waals surface area contributed by atoms with Crippen molar-refractivity contribution in [3.63, 3.8) is 0 Å². The predicted molar refractivity (Wildman–Crippen MR) is 76.3 cm³/mol. The molecular weight excluding hydrogens is 262 g/mol. The van der Waals surface area contributed by atoms with Crippen LogP contribution in [0.5, 0.6) is 0 Å². The van der Waals surface area contributed by atoms with Crippen molar-refractivity contribution in [3.05, 3.63) is 51.8 Å². The molecule has 2 rings (SSSR count). The SMILES string of the molecule is COC(=O)c1cc(C)n(-c2ccc(C)cc2Cl)c1C. The van der Waals surface area contributed by atoms with Gasteiger partial charge in [-0.15, -0.1) is 0 Å². The van der Waals surface area contributed by atoms with Crippen LogP contribution in [0.2, 0.25) is 5.02 Å². The maximum absolute atomic E-state index is 11.7. The van der Waals surface area contributed by atoms with E-state index in [1.54, 1.807) is 0 Å². The second-order valence-corrected chi connectivity index (χ2v) is 4.97. The molecule has 4 heteroatoms. The number of aromatic nitrogens is 1. The maximum atomic E-state index is 11.7. The molecule has 0 atom stereocenters. The van der Waals surface area contributed by atoms with Gasteiger partial charge in [0.25, 0.3) is 0 Å². The van der Waals surface area contributed by atoms with Crippen molar-refractivity contribution in [2.75, 3.05) is 7.11 Å². The van der Waals surface area contributed by atoms with E-state index in [1.807, 2.05) is 49.6 Å². The third-order valence-electron chi connectivity index (χ3n) is 3.18. The molecule has 0 spiro atoms. The molecule has 0 saturated heterocycles. The van der Waals surface area contributed by atoms with E-state index in [-0.39, 0.29) is 5.97 Å². The minimum atomic E-state index is -0.331. The third-order valence-corrected chi connectivity index (χ3v) is 3.48. The van der Waals surface area contributed by atoms with Crippen LogP contribution in [0.3, 0.4) is 0 Å². The predicted octanol–water partition coefficient (Wildman–Crippen LogP) is 3.84. The molecule has 19 heavy (non-hydrogen) atoms. The van der Waals surface area contributed by atoms with Crippen molar-refractivity contribution in [1.82, 2.24) is 4.57 Å². The molecule has 3 nitrogen and oxygen atoms in total. The first kappa shape index (κ1) is 13.7. The minimum Gasteiger partial charge on any atom is -0.465 e. The molecule has 1 heterocycles. The molecule has 0 fully saturated rings. The Labute approximate surface area is 117 Å². The van der Waals surface area contributed by atoms with Gasteiger partial charge in [-0.3, -0.25) is 0 Å². The van der Waals surface area contributed by atoms with Crippen LogP contribution in [0.1, 0.15) is 27.3 Å². The van der Waals surface area contributed by atoms with Crippen LogP contribution < -0.4 is 0 Å². The van der Waals surface area contributed by atoms with E-state index >= 15 is 0 Å². The first-order valence-corrected chi connectivity index (χ1v) is 6.37. The Hall–Kier alpha value is -1.74. The number of benzene rings is 1. The quantitative estimate of drug-likeness (QED) is 0.781. The summed E-state index contributed by atoms with van der Waals surface area (Å²) >= 11 is 6.29. The van der Waals surface area contributed by atoms with Crippen LogP contribution >= 0.6 is 11.6 Å². The molecule has 2 aromatic rings. The highest BCUT2D eigenvalue weighted by molar-refractivity contribution is 6.32. The van der Waals surface area contributed by atoms with Crippen LogP contribution in [0.25, 0.3) is 5.69 Å². The Bertz CT molecular complexity index is 644. The fraction of sp³-hybridized carbons (Fsp3) is 0.267. The second-order valence-electron chi connectivity index (χ2n) is 4.57. The molecule has 1 aromatic carbocycles. The van der Waals surface area contributed by atoms with Crippen LogP contribution in [0.4, 0.5) is 0 Å². The smallest absolute Gasteiger partial charge is 0.339 e. The normalized spacial score (nSPS) is 10.6. The van der Waals surface area contributed by atoms with Crippen molar-refractivity contribution in [3.8, 4) is 5.69 Å². The van der Waals surface area contributed by atoms with Gasteiger partial charge in [0.15, 0.2) is 0 Å². The van der Waals surface area contributed by atoms with Gasteiger partial charge in [0.05, 0.1) is 23.4 Å². The molecule has 0 aliphatic carbocycles. The lowest BCUT2D eigenvalue weighted by molar-refractivity contribution is 0.0600. The summed E-state index contributed by atoms with van der Waals surface area (Å²) in [6, 6.07) is 7.68. The number of rotatable bonds is 2. The van der Waals surface area contributed by atoms with Crippen molar-refractivity contribution < 1.29 is 9.53 Å². The maximum Gasteiger partial charge on any atom is 0.339 e. The number of halogens is 1. The van der Waals surface area contributed by atoms with Gasteiger partial charge in [-0.1, -0.05) is 17.7 Å². The van der Waals surface area contributed by atoms with Crippen LogP contribution in [-0.4, -0.2) is 17.6 Å². The molecule has 0 radical (unpaired) electrons. The number of ether oxygens (including phenoxy) is 1. The molecular formula is C15H16ClNO2. The van der Waals surface area contributed by atoms with E-state index in [1.165, 1.54) is 7.11 Å². The Kier molecular flexibility index (Phi) is 3.67. The molecule has 0 N–H and O–H groups in total. The summed E-state index contributed by atoms with van der Waals surface area (Å²) in [5.74, 6) is -0.331. The first-order chi connectivity index (χ1) is 8.95. The molecule has 0 unspecified atom stereocenters. The van der Waals surface area contributed by atoms with E-state index < -0.39 is 0 Å². The highest BCUT2D eigenvalue weighted by Gasteiger charge is 2.18. The number of hydrogen-bond donors (Lipinski definition) is 0. The summed E-state index contributed by atoms with van der Waals surface area (Å²) < 4.78 is 6.75. The summed E-state index contributed by atoms with van der Waals surface area (Å²) in [5.41, 5.74) is 4.32. The van der Waals surface area contributed by atoms with E-state index in [0.29, 0.717) is 10.6 Å². The average molecular weight is 278 g/mol. The lowest BCUT2D eigenvalue weighted by Gasteiger charge is -2.12. The molecule has 0 amide bonds. The standard InChI is InChI=1S/C15H16ClNO2/c1-9-5-6-14(13(16)7-9)17-10(2)8-12(11(17)3)15(18)19-4/h5-8H,1-4H3. The summed E-state index contributed by atoms with van der Waals surface area (Å²) in [6.45, 7) is 5.82. The Morgan fingerprint density at radius 1 is 1.21 bits per heavy atom. The summed E-state index contributed by atoms with van der Waals surface area (Å²) in [4.78, 5) is 11.7. The van der Waals surface area contributed by atoms with Crippen LogP contribution in [-0.2, 0) is 4.74 Å². The topological polar surface area (TPSA) is 31.2 Å². The van der Waals surface area contributed by atoms with E-state index in [0.717, 1.165) is 22.6 Å². The van der Waals surface area contributed by atoms with Gasteiger partial charge in [0, 0.05) is 11.4 Å². The molecule has 0 saturated carbocycles. The average Bonchev–Trinajstić information content (AvgIpc) is 2.65. The van der Waals surface area contributed by atoms with Gasteiger partial charge in [0.1, 0.15) is 0 Å². The van der Waals surface area contributed by atoms with Crippen molar-refractivity contribution in [1.29, 1.82) is 0 Å². The van der Waals surface area contributed by atoms with Gasteiger partial charge >= 0.3 is 5.97 Å². The van der Waals surface area contributed by atoms with Crippen LogP contribution in [0.15, 0.2) is 24.3 Å². The monoisotopic (exact) mass is 277 g/mol. The second kappa shape index (κ2) is 5.10. The first-order valence-electron chi connectivity index (χ1n) is 5.99. The van der Waals surface area contributed by atoms with Crippen molar-refractivity contribution in [2.24, 2.45) is 0 Å². The number of nitrogens with zero attached hydrogens (tertiary/aromatic N) is 1. The summed E-state index contributed by atoms with van der Waals surface area (Å²) in [7, 11) is 1.38. The number of esters is 1. The number of hydrogen-bond acceptors (Lipinski definition) is 2. The third kappa shape index (κ3) is 2.38. The fourth-order valence-corrected chi connectivity index (χ4v) is 2.56. The fourth-order valence-electron chi connectivity index (χ4n) is 2.24. The number of carbonyl (C=O) groups excluding carboxylic acids is 1. The van der Waals surface area contributed by atoms with E-state index in [4.69, 9.17) is 16.3 Å². The number of aryl methyl sites for hydroxylation is 2. The highest BCUT2D eigenvalue weighted by Crippen LogP contribution is 2.27. The molecule has 0 aliphatic rings. The van der Waals surface area contributed by atoms with Gasteiger partial charge in [-0.2, -0.15) is 0 Å². The lowest BCUT2D eigenvalue weighted by Crippen LogP contribution is -2.05.